The number of carboxylic acid groups (broad SMARTS) is 2. The number of anilines is 1. The third-order valence-corrected chi connectivity index (χ3v) is 2.93. The number of aliphatic carboxylic acids is 2. The van der Waals surface area contributed by atoms with Crippen LogP contribution in [0.4, 0.5) is 10.5 Å². The average Bonchev–Trinajstić information content (AvgIpc) is 2.45. The molecule has 0 spiro atoms. The van der Waals surface area contributed by atoms with Gasteiger partial charge in [-0.1, -0.05) is 18.2 Å². The molecule has 0 aliphatic carbocycles. The molecule has 0 bridgehead atoms. The molecule has 1 aromatic carbocycles. The van der Waals surface area contributed by atoms with Crippen LogP contribution >= 0.6 is 0 Å². The number of benzene rings is 1. The highest BCUT2D eigenvalue weighted by Crippen LogP contribution is 2.11. The summed E-state index contributed by atoms with van der Waals surface area (Å²) in [4.78, 5) is 34.8. The number of nitrogens with zero attached hydrogens (tertiary/aromatic N) is 1. The number of nitrogens with one attached hydrogen (secondary N) is 1. The fourth-order valence-corrected chi connectivity index (χ4v) is 1.73. The van der Waals surface area contributed by atoms with E-state index in [9.17, 15) is 14.4 Å². The summed E-state index contributed by atoms with van der Waals surface area (Å²) in [6.45, 7) is 0. The molecule has 1 rings (SSSR count). The van der Waals surface area contributed by atoms with Crippen molar-refractivity contribution in [3.8, 4) is 0 Å². The zero-order chi connectivity index (χ0) is 15.8. The van der Waals surface area contributed by atoms with Crippen molar-refractivity contribution in [3.63, 3.8) is 0 Å². The first-order valence-electron chi connectivity index (χ1n) is 6.45. The minimum absolute atomic E-state index is 0.0655. The maximum atomic E-state index is 12.0. The third kappa shape index (κ3) is 5.52. The molecule has 0 fully saturated rings. The topological polar surface area (TPSA) is 107 Å². The number of carboxylic acids is 2. The van der Waals surface area contributed by atoms with Gasteiger partial charge in [0.05, 0.1) is 0 Å². The predicted octanol–water partition coefficient (Wildman–Crippen LogP) is 1.54. The molecule has 21 heavy (non-hydrogen) atoms. The van der Waals surface area contributed by atoms with Gasteiger partial charge in [0.2, 0.25) is 0 Å². The molecule has 0 aliphatic heterocycles. The van der Waals surface area contributed by atoms with Crippen LogP contribution in [0.15, 0.2) is 30.3 Å². The van der Waals surface area contributed by atoms with Crippen LogP contribution in [0.25, 0.3) is 0 Å². The second-order valence-corrected chi connectivity index (χ2v) is 4.52. The van der Waals surface area contributed by atoms with E-state index in [-0.39, 0.29) is 19.3 Å². The molecule has 1 atom stereocenters. The first-order chi connectivity index (χ1) is 9.91. The van der Waals surface area contributed by atoms with E-state index in [1.807, 2.05) is 0 Å². The SMILES string of the molecule is CN(C(=O)N[C@H](CCCC(=O)O)C(=O)O)c1ccccc1. The van der Waals surface area contributed by atoms with Crippen LogP contribution in [0.5, 0.6) is 0 Å². The van der Waals surface area contributed by atoms with Crippen molar-refractivity contribution in [2.45, 2.75) is 25.3 Å². The molecular formula is C14H18N2O5. The lowest BCUT2D eigenvalue weighted by atomic mass is 10.1. The molecular weight excluding hydrogens is 276 g/mol. The summed E-state index contributed by atoms with van der Waals surface area (Å²) in [5, 5.41) is 20.0. The molecule has 0 saturated heterocycles. The number of para-hydroxylation sites is 1. The van der Waals surface area contributed by atoms with Crippen molar-refractivity contribution in [2.24, 2.45) is 0 Å². The molecule has 0 radical (unpaired) electrons. The average molecular weight is 294 g/mol. The van der Waals surface area contributed by atoms with E-state index in [2.05, 4.69) is 5.32 Å². The van der Waals surface area contributed by atoms with Gasteiger partial charge >= 0.3 is 18.0 Å². The van der Waals surface area contributed by atoms with Crippen molar-refractivity contribution in [1.29, 1.82) is 0 Å². The Labute approximate surface area is 122 Å². The van der Waals surface area contributed by atoms with Gasteiger partial charge in [0, 0.05) is 19.2 Å². The normalized spacial score (nSPS) is 11.5. The second kappa shape index (κ2) is 7.88. The van der Waals surface area contributed by atoms with Gasteiger partial charge in [-0.05, 0) is 25.0 Å². The molecule has 0 saturated carbocycles. The minimum Gasteiger partial charge on any atom is -0.481 e. The maximum absolute atomic E-state index is 12.0. The van der Waals surface area contributed by atoms with Crippen LogP contribution in [0.1, 0.15) is 19.3 Å². The quantitative estimate of drug-likeness (QED) is 0.707. The van der Waals surface area contributed by atoms with E-state index >= 15 is 0 Å². The van der Waals surface area contributed by atoms with Gasteiger partial charge in [-0.25, -0.2) is 9.59 Å². The highest BCUT2D eigenvalue weighted by molar-refractivity contribution is 5.93. The van der Waals surface area contributed by atoms with Gasteiger partial charge in [0.25, 0.3) is 0 Å². The standard InChI is InChI=1S/C14H18N2O5/c1-16(10-6-3-2-4-7-10)14(21)15-11(13(19)20)8-5-9-12(17)18/h2-4,6-7,11H,5,8-9H2,1H3,(H,15,21)(H,17,18)(H,19,20)/t11-/m1/s1. The molecule has 0 aromatic heterocycles. The number of urea groups is 1. The zero-order valence-corrected chi connectivity index (χ0v) is 11.7. The molecule has 7 nitrogen and oxygen atoms in total. The van der Waals surface area contributed by atoms with E-state index in [0.717, 1.165) is 0 Å². The number of rotatable bonds is 7. The van der Waals surface area contributed by atoms with E-state index < -0.39 is 24.0 Å². The van der Waals surface area contributed by atoms with Gasteiger partial charge < -0.3 is 15.5 Å². The Kier molecular flexibility index (Phi) is 6.19. The Morgan fingerprint density at radius 1 is 1.19 bits per heavy atom. The Morgan fingerprint density at radius 3 is 2.33 bits per heavy atom. The molecule has 1 aromatic rings. The Balaban J connectivity index is 2.60. The van der Waals surface area contributed by atoms with Crippen LogP contribution in [-0.4, -0.2) is 41.3 Å². The number of carbonyl (C=O) groups is 3. The molecule has 7 heteroatoms. The number of amides is 2. The van der Waals surface area contributed by atoms with Crippen molar-refractivity contribution in [3.05, 3.63) is 30.3 Å². The van der Waals surface area contributed by atoms with Crippen molar-refractivity contribution in [1.82, 2.24) is 5.32 Å². The van der Waals surface area contributed by atoms with E-state index in [0.29, 0.717) is 5.69 Å². The largest absolute Gasteiger partial charge is 0.481 e. The van der Waals surface area contributed by atoms with E-state index in [1.54, 1.807) is 30.3 Å². The smallest absolute Gasteiger partial charge is 0.326 e. The fourth-order valence-electron chi connectivity index (χ4n) is 1.73. The molecule has 2 amide bonds. The zero-order valence-electron chi connectivity index (χ0n) is 11.7. The number of hydrogen-bond donors (Lipinski definition) is 3. The highest BCUT2D eigenvalue weighted by atomic mass is 16.4. The molecule has 3 N–H and O–H groups in total. The van der Waals surface area contributed by atoms with E-state index in [1.165, 1.54) is 11.9 Å². The highest BCUT2D eigenvalue weighted by Gasteiger charge is 2.22. The lowest BCUT2D eigenvalue weighted by Gasteiger charge is -2.21. The third-order valence-electron chi connectivity index (χ3n) is 2.93. The summed E-state index contributed by atoms with van der Waals surface area (Å²) >= 11 is 0. The Bertz CT molecular complexity index is 503. The second-order valence-electron chi connectivity index (χ2n) is 4.52. The van der Waals surface area contributed by atoms with Crippen molar-refractivity contribution >= 4 is 23.7 Å². The van der Waals surface area contributed by atoms with Crippen LogP contribution in [-0.2, 0) is 9.59 Å². The molecule has 0 heterocycles. The minimum atomic E-state index is -1.18. The van der Waals surface area contributed by atoms with Crippen LogP contribution in [0, 0.1) is 0 Å². The lowest BCUT2D eigenvalue weighted by Crippen LogP contribution is -2.46. The van der Waals surface area contributed by atoms with Gasteiger partial charge in [-0.3, -0.25) is 9.69 Å². The summed E-state index contributed by atoms with van der Waals surface area (Å²) in [5.41, 5.74) is 0.629. The van der Waals surface area contributed by atoms with Gasteiger partial charge in [-0.2, -0.15) is 0 Å². The molecule has 0 aliphatic rings. The van der Waals surface area contributed by atoms with Gasteiger partial charge in [-0.15, -0.1) is 0 Å². The lowest BCUT2D eigenvalue weighted by molar-refractivity contribution is -0.140. The maximum Gasteiger partial charge on any atom is 0.326 e. The first-order valence-corrected chi connectivity index (χ1v) is 6.45. The molecule has 0 unspecified atom stereocenters. The van der Waals surface area contributed by atoms with Crippen LogP contribution in [0.3, 0.4) is 0 Å². The van der Waals surface area contributed by atoms with Gasteiger partial charge in [0.15, 0.2) is 0 Å². The first kappa shape index (κ1) is 16.5. The summed E-state index contributed by atoms with van der Waals surface area (Å²) in [6, 6.07) is 7.12. The van der Waals surface area contributed by atoms with Crippen molar-refractivity contribution in [2.75, 3.05) is 11.9 Å². The number of carbonyl (C=O) groups excluding carboxylic acids is 1. The summed E-state index contributed by atoms with van der Waals surface area (Å²) in [7, 11) is 1.53. The fraction of sp³-hybridized carbons (Fsp3) is 0.357. The monoisotopic (exact) mass is 294 g/mol. The molecule has 114 valence electrons. The van der Waals surface area contributed by atoms with E-state index in [4.69, 9.17) is 10.2 Å². The summed E-state index contributed by atoms with van der Waals surface area (Å²) in [6.07, 6.45) is 0.117. The number of hydrogen-bond acceptors (Lipinski definition) is 3. The van der Waals surface area contributed by atoms with Gasteiger partial charge in [0.1, 0.15) is 6.04 Å². The summed E-state index contributed by atoms with van der Waals surface area (Å²) in [5.74, 6) is -2.18. The predicted molar refractivity (Wildman–Crippen MR) is 76.3 cm³/mol. The Hall–Kier alpha value is -2.57. The van der Waals surface area contributed by atoms with Crippen molar-refractivity contribution < 1.29 is 24.6 Å². The van der Waals surface area contributed by atoms with Crippen LogP contribution < -0.4 is 10.2 Å². The summed E-state index contributed by atoms with van der Waals surface area (Å²) < 4.78 is 0. The van der Waals surface area contributed by atoms with Crippen LogP contribution in [0.2, 0.25) is 0 Å². The Morgan fingerprint density at radius 2 is 1.81 bits per heavy atom.